The van der Waals surface area contributed by atoms with Crippen LogP contribution in [0.2, 0.25) is 0 Å². The van der Waals surface area contributed by atoms with E-state index in [9.17, 15) is 0 Å². The SMILES string of the molecule is CONCc1ccc(C2CCN(C)C2)c(Br)c1. The fraction of sp³-hybridized carbons (Fsp3) is 0.538. The highest BCUT2D eigenvalue weighted by Gasteiger charge is 2.22. The molecular formula is C13H19BrN2O. The zero-order valence-corrected chi connectivity index (χ0v) is 12.0. The Morgan fingerprint density at radius 1 is 1.53 bits per heavy atom. The lowest BCUT2D eigenvalue weighted by molar-refractivity contribution is 0.0867. The van der Waals surface area contributed by atoms with Crippen LogP contribution in [0, 0.1) is 0 Å². The molecular weight excluding hydrogens is 280 g/mol. The number of benzene rings is 1. The smallest absolute Gasteiger partial charge is 0.0572 e. The molecule has 1 heterocycles. The predicted octanol–water partition coefficient (Wildman–Crippen LogP) is 2.52. The van der Waals surface area contributed by atoms with Gasteiger partial charge < -0.3 is 9.74 Å². The van der Waals surface area contributed by atoms with Crippen molar-refractivity contribution in [2.75, 3.05) is 27.2 Å². The highest BCUT2D eigenvalue weighted by atomic mass is 79.9. The van der Waals surface area contributed by atoms with Gasteiger partial charge in [-0.2, -0.15) is 5.48 Å². The Labute approximate surface area is 111 Å². The van der Waals surface area contributed by atoms with Crippen LogP contribution in [-0.2, 0) is 11.4 Å². The standard InChI is InChI=1S/C13H19BrN2O/c1-16-6-5-11(9-16)12-4-3-10(7-13(12)14)8-15-17-2/h3-4,7,11,15H,5-6,8-9H2,1-2H3. The molecule has 2 rings (SSSR count). The molecule has 1 atom stereocenters. The second-order valence-electron chi connectivity index (χ2n) is 4.63. The fourth-order valence-corrected chi connectivity index (χ4v) is 3.11. The molecule has 1 aliphatic heterocycles. The van der Waals surface area contributed by atoms with Gasteiger partial charge in [0.15, 0.2) is 0 Å². The third kappa shape index (κ3) is 3.28. The highest BCUT2D eigenvalue weighted by Crippen LogP contribution is 2.32. The Kier molecular flexibility index (Phi) is 4.56. The van der Waals surface area contributed by atoms with Crippen LogP contribution in [0.5, 0.6) is 0 Å². The van der Waals surface area contributed by atoms with Gasteiger partial charge in [-0.25, -0.2) is 0 Å². The van der Waals surface area contributed by atoms with Gasteiger partial charge in [-0.3, -0.25) is 0 Å². The van der Waals surface area contributed by atoms with Gasteiger partial charge in [-0.15, -0.1) is 0 Å². The summed E-state index contributed by atoms with van der Waals surface area (Å²) in [6.45, 7) is 3.10. The molecule has 0 spiro atoms. The third-order valence-electron chi connectivity index (χ3n) is 3.32. The van der Waals surface area contributed by atoms with Crippen molar-refractivity contribution in [3.63, 3.8) is 0 Å². The summed E-state index contributed by atoms with van der Waals surface area (Å²) < 4.78 is 1.22. The van der Waals surface area contributed by atoms with Crippen molar-refractivity contribution in [1.82, 2.24) is 10.4 Å². The first-order valence-electron chi connectivity index (χ1n) is 5.93. The van der Waals surface area contributed by atoms with E-state index in [1.807, 2.05) is 0 Å². The number of nitrogens with zero attached hydrogens (tertiary/aromatic N) is 1. The van der Waals surface area contributed by atoms with Crippen LogP contribution in [0.3, 0.4) is 0 Å². The van der Waals surface area contributed by atoms with Crippen LogP contribution in [0.1, 0.15) is 23.5 Å². The van der Waals surface area contributed by atoms with Gasteiger partial charge in [-0.1, -0.05) is 28.1 Å². The topological polar surface area (TPSA) is 24.5 Å². The van der Waals surface area contributed by atoms with Gasteiger partial charge in [-0.05, 0) is 43.1 Å². The lowest BCUT2D eigenvalue weighted by Crippen LogP contribution is -2.14. The molecule has 0 radical (unpaired) electrons. The molecule has 3 nitrogen and oxygen atoms in total. The predicted molar refractivity (Wildman–Crippen MR) is 72.8 cm³/mol. The molecule has 0 bridgehead atoms. The van der Waals surface area contributed by atoms with Crippen molar-refractivity contribution in [3.8, 4) is 0 Å². The van der Waals surface area contributed by atoms with Crippen molar-refractivity contribution in [1.29, 1.82) is 0 Å². The summed E-state index contributed by atoms with van der Waals surface area (Å²) in [5.41, 5.74) is 5.52. The molecule has 1 N–H and O–H groups in total. The maximum absolute atomic E-state index is 4.86. The van der Waals surface area contributed by atoms with Gasteiger partial charge in [0.05, 0.1) is 7.11 Å². The van der Waals surface area contributed by atoms with E-state index in [0.717, 1.165) is 13.1 Å². The average Bonchev–Trinajstić information content (AvgIpc) is 2.73. The summed E-state index contributed by atoms with van der Waals surface area (Å²) in [6.07, 6.45) is 1.25. The minimum atomic E-state index is 0.666. The molecule has 1 fully saturated rings. The van der Waals surface area contributed by atoms with Crippen molar-refractivity contribution < 1.29 is 4.84 Å². The number of halogens is 1. The Morgan fingerprint density at radius 3 is 2.94 bits per heavy atom. The van der Waals surface area contributed by atoms with Crippen LogP contribution < -0.4 is 5.48 Å². The molecule has 0 amide bonds. The molecule has 1 aromatic carbocycles. The van der Waals surface area contributed by atoms with E-state index in [2.05, 4.69) is 51.6 Å². The maximum atomic E-state index is 4.86. The van der Waals surface area contributed by atoms with Crippen LogP contribution >= 0.6 is 15.9 Å². The fourth-order valence-electron chi connectivity index (χ4n) is 2.36. The van der Waals surface area contributed by atoms with E-state index >= 15 is 0 Å². The van der Waals surface area contributed by atoms with Gasteiger partial charge in [0.2, 0.25) is 0 Å². The molecule has 4 heteroatoms. The first-order valence-corrected chi connectivity index (χ1v) is 6.72. The van der Waals surface area contributed by atoms with E-state index < -0.39 is 0 Å². The molecule has 1 aromatic rings. The van der Waals surface area contributed by atoms with Crippen molar-refractivity contribution in [2.45, 2.75) is 18.9 Å². The zero-order chi connectivity index (χ0) is 12.3. The highest BCUT2D eigenvalue weighted by molar-refractivity contribution is 9.10. The van der Waals surface area contributed by atoms with Crippen LogP contribution in [0.25, 0.3) is 0 Å². The van der Waals surface area contributed by atoms with Crippen LogP contribution in [0.4, 0.5) is 0 Å². The lowest BCUT2D eigenvalue weighted by atomic mass is 9.97. The summed E-state index contributed by atoms with van der Waals surface area (Å²) in [5, 5.41) is 0. The Bertz CT molecular complexity index is 384. The summed E-state index contributed by atoms with van der Waals surface area (Å²) in [7, 11) is 3.82. The van der Waals surface area contributed by atoms with E-state index in [0.29, 0.717) is 5.92 Å². The number of hydroxylamine groups is 1. The molecule has 0 aromatic heterocycles. The summed E-state index contributed by atoms with van der Waals surface area (Å²) >= 11 is 3.68. The Morgan fingerprint density at radius 2 is 2.35 bits per heavy atom. The molecule has 1 saturated heterocycles. The second kappa shape index (κ2) is 5.96. The second-order valence-corrected chi connectivity index (χ2v) is 5.48. The summed E-state index contributed by atoms with van der Waals surface area (Å²) in [6, 6.07) is 6.59. The van der Waals surface area contributed by atoms with Crippen molar-refractivity contribution >= 4 is 15.9 Å². The molecule has 1 aliphatic rings. The van der Waals surface area contributed by atoms with Crippen LogP contribution in [0.15, 0.2) is 22.7 Å². The van der Waals surface area contributed by atoms with Gasteiger partial charge in [0.25, 0.3) is 0 Å². The minimum Gasteiger partial charge on any atom is -0.306 e. The van der Waals surface area contributed by atoms with Gasteiger partial charge in [0.1, 0.15) is 0 Å². The van der Waals surface area contributed by atoms with E-state index in [1.165, 1.54) is 28.6 Å². The van der Waals surface area contributed by atoms with Crippen LogP contribution in [-0.4, -0.2) is 32.1 Å². The normalized spacial score (nSPS) is 21.0. The Balaban J connectivity index is 2.08. The maximum Gasteiger partial charge on any atom is 0.0572 e. The summed E-state index contributed by atoms with van der Waals surface area (Å²) in [5.74, 6) is 0.666. The van der Waals surface area contributed by atoms with Gasteiger partial charge in [0, 0.05) is 17.6 Å². The average molecular weight is 299 g/mol. The number of hydrogen-bond donors (Lipinski definition) is 1. The first-order chi connectivity index (χ1) is 8.20. The number of likely N-dealkylation sites (N-methyl/N-ethyl adjacent to an activating group) is 1. The number of hydrogen-bond acceptors (Lipinski definition) is 3. The number of nitrogens with one attached hydrogen (secondary N) is 1. The van der Waals surface area contributed by atoms with E-state index in [4.69, 9.17) is 4.84 Å². The third-order valence-corrected chi connectivity index (χ3v) is 4.00. The monoisotopic (exact) mass is 298 g/mol. The number of likely N-dealkylation sites (tertiary alicyclic amines) is 1. The quantitative estimate of drug-likeness (QED) is 0.865. The Hall–Kier alpha value is -0.420. The largest absolute Gasteiger partial charge is 0.306 e. The summed E-state index contributed by atoms with van der Waals surface area (Å²) in [4.78, 5) is 7.24. The van der Waals surface area contributed by atoms with E-state index in [1.54, 1.807) is 7.11 Å². The zero-order valence-electron chi connectivity index (χ0n) is 10.4. The van der Waals surface area contributed by atoms with E-state index in [-0.39, 0.29) is 0 Å². The van der Waals surface area contributed by atoms with Crippen molar-refractivity contribution in [3.05, 3.63) is 33.8 Å². The van der Waals surface area contributed by atoms with Gasteiger partial charge >= 0.3 is 0 Å². The number of rotatable bonds is 4. The lowest BCUT2D eigenvalue weighted by Gasteiger charge is -2.14. The van der Waals surface area contributed by atoms with Crippen molar-refractivity contribution in [2.24, 2.45) is 0 Å². The minimum absolute atomic E-state index is 0.666. The molecule has 0 aliphatic carbocycles. The molecule has 1 unspecified atom stereocenters. The molecule has 17 heavy (non-hydrogen) atoms. The molecule has 0 saturated carbocycles. The first kappa shape index (κ1) is 13.0. The molecule has 94 valence electrons.